The van der Waals surface area contributed by atoms with Gasteiger partial charge in [-0.25, -0.2) is 4.98 Å². The van der Waals surface area contributed by atoms with Gasteiger partial charge < -0.3 is 15.0 Å². The summed E-state index contributed by atoms with van der Waals surface area (Å²) in [5, 5.41) is 0.521. The summed E-state index contributed by atoms with van der Waals surface area (Å²) >= 11 is 0. The van der Waals surface area contributed by atoms with Crippen LogP contribution in [0.1, 0.15) is 37.7 Å². The summed E-state index contributed by atoms with van der Waals surface area (Å²) in [4.78, 5) is 39.5. The van der Waals surface area contributed by atoms with Gasteiger partial charge in [0.05, 0.1) is 12.0 Å². The highest BCUT2D eigenvalue weighted by Crippen LogP contribution is 2.24. The van der Waals surface area contributed by atoms with E-state index in [0.29, 0.717) is 16.5 Å². The van der Waals surface area contributed by atoms with E-state index in [2.05, 4.69) is 79.9 Å². The minimum atomic E-state index is -0.338. The van der Waals surface area contributed by atoms with Gasteiger partial charge in [-0.1, -0.05) is 37.2 Å². The molecule has 32 heavy (non-hydrogen) atoms. The lowest BCUT2D eigenvalue weighted by Crippen LogP contribution is -2.57. The van der Waals surface area contributed by atoms with E-state index in [-0.39, 0.29) is 21.9 Å². The molecule has 0 aliphatic rings. The van der Waals surface area contributed by atoms with Crippen molar-refractivity contribution in [2.24, 2.45) is 0 Å². The molecule has 0 atom stereocenters. The summed E-state index contributed by atoms with van der Waals surface area (Å²) in [6.45, 7) is 6.21. The van der Waals surface area contributed by atoms with Gasteiger partial charge in [-0.05, 0) is 11.0 Å². The lowest BCUT2D eigenvalue weighted by molar-refractivity contribution is 0.571. The molecule has 3 rings (SSSR count). The van der Waals surface area contributed by atoms with Crippen LogP contribution in [0.25, 0.3) is 10.9 Å². The molecule has 1 aromatic carbocycles. The van der Waals surface area contributed by atoms with Crippen LogP contribution in [0.5, 0.6) is 0 Å². The number of hydrogen-bond donors (Lipinski definition) is 3. The third-order valence-corrected chi connectivity index (χ3v) is 6.80. The molecular formula is C19H27B7N4O2. The summed E-state index contributed by atoms with van der Waals surface area (Å²) in [7, 11) is 14.1. The maximum atomic E-state index is 13.1. The molecule has 0 spiro atoms. The van der Waals surface area contributed by atoms with Crippen molar-refractivity contribution in [3.05, 3.63) is 54.7 Å². The molecule has 0 amide bonds. The van der Waals surface area contributed by atoms with Crippen LogP contribution in [-0.2, 0) is 5.41 Å². The normalized spacial score (nSPS) is 13.7. The molecule has 156 valence electrons. The molecular weight excluding hydrogens is 392 g/mol. The van der Waals surface area contributed by atoms with Crippen LogP contribution in [0, 0.1) is 0 Å². The fraction of sp³-hybridized carbons (Fsp3) is 0.211. The SMILES string of the molecule is B/C(c1nc[nH]c1C(C)(C)C)=c1/[nH]c(=O)/c(=C(\B)c2c(B)c(B)c(B)c(B)c2B)[nH]c1=O. The van der Waals surface area contributed by atoms with Crippen LogP contribution in [0.2, 0.25) is 0 Å². The molecule has 13 heteroatoms. The first-order chi connectivity index (χ1) is 14.8. The van der Waals surface area contributed by atoms with Crippen LogP contribution in [0.3, 0.4) is 0 Å². The van der Waals surface area contributed by atoms with Gasteiger partial charge in [0.25, 0.3) is 11.1 Å². The number of hydrogen-bond acceptors (Lipinski definition) is 3. The Balaban J connectivity index is 2.37. The van der Waals surface area contributed by atoms with Crippen LogP contribution < -0.4 is 49.1 Å². The molecule has 0 saturated carbocycles. The Hall–Kier alpha value is -2.70. The van der Waals surface area contributed by atoms with E-state index in [0.717, 1.165) is 27.7 Å². The van der Waals surface area contributed by atoms with Gasteiger partial charge in [0.15, 0.2) is 0 Å². The van der Waals surface area contributed by atoms with Crippen LogP contribution in [0.4, 0.5) is 0 Å². The largest absolute Gasteiger partial charge is 0.348 e. The quantitative estimate of drug-likeness (QED) is 0.361. The fourth-order valence-electron chi connectivity index (χ4n) is 4.45. The highest BCUT2D eigenvalue weighted by atomic mass is 16.1. The second-order valence-corrected chi connectivity index (χ2v) is 9.78. The Labute approximate surface area is 194 Å². The predicted octanol–water partition coefficient (Wildman–Crippen LogP) is -10.0. The second kappa shape index (κ2) is 8.34. The van der Waals surface area contributed by atoms with E-state index in [1.165, 1.54) is 16.4 Å². The molecule has 3 aromatic rings. The molecule has 0 radical (unpaired) electrons. The number of aromatic nitrogens is 4. The summed E-state index contributed by atoms with van der Waals surface area (Å²) in [5.74, 6) is 0. The molecule has 0 saturated heterocycles. The zero-order chi connectivity index (χ0) is 24.1. The number of nitrogens with zero attached hydrogens (tertiary/aromatic N) is 1. The predicted molar refractivity (Wildman–Crippen MR) is 154 cm³/mol. The van der Waals surface area contributed by atoms with Crippen LogP contribution in [0.15, 0.2) is 15.9 Å². The number of aromatic amines is 3. The van der Waals surface area contributed by atoms with Crippen molar-refractivity contribution in [2.75, 3.05) is 0 Å². The Morgan fingerprint density at radius 2 is 1.22 bits per heavy atom. The molecule has 0 aliphatic carbocycles. The van der Waals surface area contributed by atoms with Crippen molar-refractivity contribution < 1.29 is 0 Å². The van der Waals surface area contributed by atoms with E-state index in [1.807, 2.05) is 15.7 Å². The van der Waals surface area contributed by atoms with Crippen molar-refractivity contribution in [3.63, 3.8) is 0 Å². The minimum Gasteiger partial charge on any atom is -0.348 e. The van der Waals surface area contributed by atoms with E-state index >= 15 is 0 Å². The standard InChI is InChI=1S/C19H27B7N4O2/c1-19(2,3)16-13(27-4-28-16)12(26)15-18(32)29-14(17(31)30-15)8(22)5-6(20)9(23)11(25)10(24)7(5)21/h4H,20-26H2,1-3H3,(H,27,28)(H,29,32)(H,30,31)/b14-8+,15-12+. The molecule has 0 aliphatic heterocycles. The van der Waals surface area contributed by atoms with Gasteiger partial charge in [-0.15, -0.1) is 16.4 Å². The topological polar surface area (TPSA) is 94.4 Å². The highest BCUT2D eigenvalue weighted by molar-refractivity contribution is 6.69. The molecule has 0 fully saturated rings. The Morgan fingerprint density at radius 3 is 1.69 bits per heavy atom. The Kier molecular flexibility index (Phi) is 6.24. The lowest BCUT2D eigenvalue weighted by Gasteiger charge is -2.20. The van der Waals surface area contributed by atoms with Gasteiger partial charge >= 0.3 is 0 Å². The first-order valence-electron chi connectivity index (χ1n) is 10.9. The van der Waals surface area contributed by atoms with Crippen LogP contribution in [-0.4, -0.2) is 74.9 Å². The third-order valence-electron chi connectivity index (χ3n) is 6.80. The monoisotopic (exact) mass is 420 g/mol. The molecule has 3 N–H and O–H groups in total. The lowest BCUT2D eigenvalue weighted by atomic mass is 9.58. The molecule has 2 heterocycles. The van der Waals surface area contributed by atoms with Crippen molar-refractivity contribution in [1.29, 1.82) is 0 Å². The minimum absolute atomic E-state index is 0.180. The Bertz CT molecular complexity index is 1450. The number of benzene rings is 1. The fourth-order valence-corrected chi connectivity index (χ4v) is 4.45. The molecule has 6 nitrogen and oxygen atoms in total. The average molecular weight is 419 g/mol. The number of nitrogens with one attached hydrogen (secondary N) is 3. The summed E-state index contributed by atoms with van der Waals surface area (Å²) in [6, 6.07) is 0. The Morgan fingerprint density at radius 1 is 0.781 bits per heavy atom. The first-order valence-corrected chi connectivity index (χ1v) is 10.9. The van der Waals surface area contributed by atoms with E-state index < -0.39 is 0 Å². The van der Waals surface area contributed by atoms with Gasteiger partial charge in [0, 0.05) is 11.1 Å². The van der Waals surface area contributed by atoms with Crippen molar-refractivity contribution in [2.45, 2.75) is 26.2 Å². The number of H-pyrrole nitrogens is 3. The average Bonchev–Trinajstić information content (AvgIpc) is 3.22. The van der Waals surface area contributed by atoms with Gasteiger partial charge in [0.1, 0.15) is 65.6 Å². The van der Waals surface area contributed by atoms with E-state index in [1.54, 1.807) is 6.33 Å². The summed E-state index contributed by atoms with van der Waals surface area (Å²) < 4.78 is 0. The zero-order valence-electron chi connectivity index (χ0n) is 20.8. The number of rotatable bonds is 2. The zero-order valence-corrected chi connectivity index (χ0v) is 20.8. The van der Waals surface area contributed by atoms with Crippen molar-refractivity contribution in [3.8, 4) is 0 Å². The maximum absolute atomic E-state index is 13.1. The maximum Gasteiger partial charge on any atom is 0.271 e. The van der Waals surface area contributed by atoms with E-state index in [9.17, 15) is 9.59 Å². The first kappa shape index (κ1) is 24.0. The summed E-state index contributed by atoms with van der Waals surface area (Å²) in [6.07, 6.45) is 1.62. The summed E-state index contributed by atoms with van der Waals surface area (Å²) in [5.41, 5.74) is 9.10. The van der Waals surface area contributed by atoms with Gasteiger partial charge in [0.2, 0.25) is 0 Å². The van der Waals surface area contributed by atoms with Gasteiger partial charge in [-0.2, -0.15) is 0 Å². The third kappa shape index (κ3) is 3.93. The van der Waals surface area contributed by atoms with Crippen molar-refractivity contribution in [1.82, 2.24) is 19.9 Å². The molecule has 0 bridgehead atoms. The number of imidazole rings is 1. The second-order valence-electron chi connectivity index (χ2n) is 9.78. The van der Waals surface area contributed by atoms with Crippen molar-refractivity contribution >= 4 is 93.2 Å². The molecule has 0 unspecified atom stereocenters. The smallest absolute Gasteiger partial charge is 0.271 e. The van der Waals surface area contributed by atoms with E-state index in [4.69, 9.17) is 0 Å². The molecule has 2 aromatic heterocycles. The highest BCUT2D eigenvalue weighted by Gasteiger charge is 2.22. The van der Waals surface area contributed by atoms with Gasteiger partial charge in [-0.3, -0.25) is 9.59 Å². The van der Waals surface area contributed by atoms with Crippen LogP contribution >= 0.6 is 0 Å².